The maximum Gasteiger partial charge on any atom is 0.164 e. The molecule has 0 bridgehead atoms. The van der Waals surface area contributed by atoms with E-state index in [0.29, 0.717) is 28.6 Å². The normalized spacial score (nSPS) is 11.1. The summed E-state index contributed by atoms with van der Waals surface area (Å²) in [7, 11) is 0. The molecule has 0 radical (unpaired) electrons. The van der Waals surface area contributed by atoms with Gasteiger partial charge in [0.2, 0.25) is 0 Å². The highest BCUT2D eigenvalue weighted by molar-refractivity contribution is 6.13. The van der Waals surface area contributed by atoms with E-state index in [2.05, 4.69) is 140 Å². The second-order valence-corrected chi connectivity index (χ2v) is 16.9. The van der Waals surface area contributed by atoms with E-state index >= 15 is 0 Å². The van der Waals surface area contributed by atoms with Crippen molar-refractivity contribution in [2.45, 2.75) is 13.8 Å². The second kappa shape index (κ2) is 17.0. The van der Waals surface area contributed by atoms with Crippen molar-refractivity contribution in [2.24, 2.45) is 0 Å². The van der Waals surface area contributed by atoms with E-state index in [1.54, 1.807) is 0 Å². The van der Waals surface area contributed by atoms with E-state index in [1.165, 1.54) is 11.1 Å². The standard InChI is InChI=1S/C61H40N6/c1-39-13-9-21-45(29-39)47-25-27-56-54(33-47)55-34-48(46-22-10-14-40(2)30-46)26-28-57(55)67(56)58-52(49-23-11-15-41(31-49)37-62)35-51(36-53(58)50-24-12-16-42(32-50)38-63)61-65-59(43-17-5-3-6-18-43)64-60(66-61)44-19-7-4-8-20-44/h3-36H,1-2H3. The van der Waals surface area contributed by atoms with Crippen LogP contribution >= 0.6 is 0 Å². The molecular weight excluding hydrogens is 817 g/mol. The summed E-state index contributed by atoms with van der Waals surface area (Å²) in [4.78, 5) is 15.4. The number of aryl methyl sites for hydroxylation is 2. The fourth-order valence-corrected chi connectivity index (χ4v) is 9.17. The number of nitrogens with zero attached hydrogens (tertiary/aromatic N) is 6. The number of hydrogen-bond acceptors (Lipinski definition) is 5. The van der Waals surface area contributed by atoms with Crippen LogP contribution in [0.3, 0.4) is 0 Å². The Morgan fingerprint density at radius 2 is 0.731 bits per heavy atom. The van der Waals surface area contributed by atoms with Crippen LogP contribution in [0, 0.1) is 36.5 Å². The molecule has 0 unspecified atom stereocenters. The lowest BCUT2D eigenvalue weighted by atomic mass is 9.91. The summed E-state index contributed by atoms with van der Waals surface area (Å²) in [5, 5.41) is 22.8. The molecule has 67 heavy (non-hydrogen) atoms. The van der Waals surface area contributed by atoms with Gasteiger partial charge in [-0.3, -0.25) is 0 Å². The minimum atomic E-state index is 0.488. The summed E-state index contributed by atoms with van der Waals surface area (Å²) in [6.45, 7) is 4.25. The third kappa shape index (κ3) is 7.69. The monoisotopic (exact) mass is 856 g/mol. The molecule has 0 fully saturated rings. The molecule has 0 aliphatic rings. The van der Waals surface area contributed by atoms with Crippen molar-refractivity contribution < 1.29 is 0 Å². The lowest BCUT2D eigenvalue weighted by Crippen LogP contribution is -2.04. The van der Waals surface area contributed by atoms with Gasteiger partial charge in [-0.15, -0.1) is 0 Å². The molecule has 0 atom stereocenters. The second-order valence-electron chi connectivity index (χ2n) is 16.9. The zero-order valence-electron chi connectivity index (χ0n) is 36.8. The van der Waals surface area contributed by atoms with Crippen LogP contribution in [0.4, 0.5) is 0 Å². The van der Waals surface area contributed by atoms with Crippen LogP contribution in [0.25, 0.3) is 106 Å². The minimum absolute atomic E-state index is 0.488. The lowest BCUT2D eigenvalue weighted by Gasteiger charge is -2.21. The number of hydrogen-bond donors (Lipinski definition) is 0. The Bertz CT molecular complexity index is 3560. The molecule has 0 saturated carbocycles. The van der Waals surface area contributed by atoms with Crippen LogP contribution in [-0.4, -0.2) is 19.5 Å². The van der Waals surface area contributed by atoms with Crippen molar-refractivity contribution in [1.82, 2.24) is 19.5 Å². The third-order valence-corrected chi connectivity index (χ3v) is 12.4. The molecule has 11 rings (SSSR count). The molecule has 0 amide bonds. The summed E-state index contributed by atoms with van der Waals surface area (Å²) >= 11 is 0. The summed E-state index contributed by atoms with van der Waals surface area (Å²) in [6, 6.07) is 75.2. The topological polar surface area (TPSA) is 91.2 Å². The fourth-order valence-electron chi connectivity index (χ4n) is 9.17. The van der Waals surface area contributed by atoms with Gasteiger partial charge in [-0.25, -0.2) is 15.0 Å². The van der Waals surface area contributed by atoms with Gasteiger partial charge in [0, 0.05) is 38.6 Å². The highest BCUT2D eigenvalue weighted by Gasteiger charge is 2.24. The molecule has 0 aliphatic carbocycles. The Hall–Kier alpha value is -9.23. The Labute approximate surface area is 389 Å². The van der Waals surface area contributed by atoms with Crippen molar-refractivity contribution in [3.63, 3.8) is 0 Å². The van der Waals surface area contributed by atoms with Gasteiger partial charge in [-0.05, 0) is 108 Å². The molecule has 6 heteroatoms. The largest absolute Gasteiger partial charge is 0.308 e. The van der Waals surface area contributed by atoms with Crippen molar-refractivity contribution in [3.8, 4) is 96.5 Å². The minimum Gasteiger partial charge on any atom is -0.308 e. The van der Waals surface area contributed by atoms with Gasteiger partial charge in [0.05, 0.1) is 40.0 Å². The SMILES string of the molecule is Cc1cccc(-c2ccc3c(c2)c2cc(-c4cccc(C)c4)ccc2n3-c2c(-c3cccc(C#N)c3)cc(-c3nc(-c4ccccc4)nc(-c4ccccc4)n3)cc2-c2cccc(C#N)c2)c1. The first-order valence-electron chi connectivity index (χ1n) is 22.2. The van der Waals surface area contributed by atoms with Crippen molar-refractivity contribution in [3.05, 3.63) is 229 Å². The van der Waals surface area contributed by atoms with Gasteiger partial charge in [0.25, 0.3) is 0 Å². The van der Waals surface area contributed by atoms with E-state index in [1.807, 2.05) is 97.1 Å². The molecule has 2 aromatic heterocycles. The van der Waals surface area contributed by atoms with E-state index in [-0.39, 0.29) is 0 Å². The summed E-state index contributed by atoms with van der Waals surface area (Å²) in [5.74, 6) is 1.58. The zero-order chi connectivity index (χ0) is 45.4. The first-order valence-corrected chi connectivity index (χ1v) is 22.2. The third-order valence-electron chi connectivity index (χ3n) is 12.4. The first-order chi connectivity index (χ1) is 32.9. The molecule has 2 heterocycles. The van der Waals surface area contributed by atoms with Crippen molar-refractivity contribution in [2.75, 3.05) is 0 Å². The van der Waals surface area contributed by atoms with Crippen LogP contribution in [-0.2, 0) is 0 Å². The predicted molar refractivity (Wildman–Crippen MR) is 271 cm³/mol. The molecule has 9 aromatic carbocycles. The maximum absolute atomic E-state index is 10.3. The molecule has 11 aromatic rings. The average Bonchev–Trinajstić information content (AvgIpc) is 3.71. The fraction of sp³-hybridized carbons (Fsp3) is 0.0328. The lowest BCUT2D eigenvalue weighted by molar-refractivity contribution is 1.07. The van der Waals surface area contributed by atoms with Crippen molar-refractivity contribution >= 4 is 21.8 Å². The van der Waals surface area contributed by atoms with Gasteiger partial charge in [-0.1, -0.05) is 157 Å². The summed E-state index contributed by atoms with van der Waals surface area (Å²) in [5.41, 5.74) is 16.8. The summed E-state index contributed by atoms with van der Waals surface area (Å²) < 4.78 is 2.36. The number of aromatic nitrogens is 4. The molecule has 0 saturated heterocycles. The molecule has 0 aliphatic heterocycles. The average molecular weight is 857 g/mol. The van der Waals surface area contributed by atoms with E-state index < -0.39 is 0 Å². The maximum atomic E-state index is 10.3. The Morgan fingerprint density at radius 1 is 0.343 bits per heavy atom. The van der Waals surface area contributed by atoms with Gasteiger partial charge in [0.15, 0.2) is 17.5 Å². The molecular formula is C61H40N6. The molecule has 0 N–H and O–H groups in total. The highest BCUT2D eigenvalue weighted by Crippen LogP contribution is 2.45. The van der Waals surface area contributed by atoms with E-state index in [9.17, 15) is 10.5 Å². The predicted octanol–water partition coefficient (Wildman–Crippen LogP) is 15.0. The quantitative estimate of drug-likeness (QED) is 0.152. The highest BCUT2D eigenvalue weighted by atomic mass is 15.0. The number of fused-ring (bicyclic) bond motifs is 3. The van der Waals surface area contributed by atoms with Gasteiger partial charge < -0.3 is 4.57 Å². The van der Waals surface area contributed by atoms with Crippen molar-refractivity contribution in [1.29, 1.82) is 10.5 Å². The van der Waals surface area contributed by atoms with Crippen LogP contribution in [0.15, 0.2) is 206 Å². The number of rotatable bonds is 8. The van der Waals surface area contributed by atoms with E-state index in [0.717, 1.165) is 88.7 Å². The van der Waals surface area contributed by atoms with Crippen LogP contribution in [0.2, 0.25) is 0 Å². The van der Waals surface area contributed by atoms with E-state index in [4.69, 9.17) is 15.0 Å². The van der Waals surface area contributed by atoms with Gasteiger partial charge in [0.1, 0.15) is 0 Å². The van der Waals surface area contributed by atoms with Crippen LogP contribution < -0.4 is 0 Å². The zero-order valence-corrected chi connectivity index (χ0v) is 36.8. The summed E-state index contributed by atoms with van der Waals surface area (Å²) in [6.07, 6.45) is 0. The first kappa shape index (κ1) is 40.5. The van der Waals surface area contributed by atoms with Crippen LogP contribution in [0.1, 0.15) is 22.3 Å². The number of benzene rings is 9. The Kier molecular flexibility index (Phi) is 10.3. The Morgan fingerprint density at radius 3 is 1.16 bits per heavy atom. The molecule has 6 nitrogen and oxygen atoms in total. The van der Waals surface area contributed by atoms with Gasteiger partial charge >= 0.3 is 0 Å². The Balaban J connectivity index is 1.27. The molecule has 0 spiro atoms. The van der Waals surface area contributed by atoms with Crippen LogP contribution in [0.5, 0.6) is 0 Å². The number of nitriles is 2. The van der Waals surface area contributed by atoms with Gasteiger partial charge in [-0.2, -0.15) is 10.5 Å². The smallest absolute Gasteiger partial charge is 0.164 e. The molecule has 314 valence electrons.